The number of anilines is 1. The molecule has 0 unspecified atom stereocenters. The van der Waals surface area contributed by atoms with Crippen molar-refractivity contribution >= 4 is 23.2 Å². The van der Waals surface area contributed by atoms with Gasteiger partial charge in [-0.3, -0.25) is 29.1 Å². The molecule has 2 aromatic heterocycles. The van der Waals surface area contributed by atoms with Gasteiger partial charge in [0, 0.05) is 19.8 Å². The number of nitrogens with two attached hydrogens (primary N) is 1. The summed E-state index contributed by atoms with van der Waals surface area (Å²) in [5, 5.41) is 20.9. The highest BCUT2D eigenvalue weighted by atomic mass is 16.6. The molecule has 0 fully saturated rings. The summed E-state index contributed by atoms with van der Waals surface area (Å²) >= 11 is 0. The molecule has 0 saturated heterocycles. The lowest BCUT2D eigenvalue weighted by Crippen LogP contribution is -2.20. The summed E-state index contributed by atoms with van der Waals surface area (Å²) < 4.78 is 2.48. The number of carbonyl (C=O) groups excluding carboxylic acids is 2. The van der Waals surface area contributed by atoms with Crippen LogP contribution in [0.25, 0.3) is 0 Å². The van der Waals surface area contributed by atoms with Gasteiger partial charge in [-0.15, -0.1) is 0 Å². The lowest BCUT2D eigenvalue weighted by atomic mass is 10.3. The van der Waals surface area contributed by atoms with E-state index in [9.17, 15) is 19.7 Å². The first-order valence-electron chi connectivity index (χ1n) is 6.20. The van der Waals surface area contributed by atoms with Gasteiger partial charge in [0.2, 0.25) is 5.69 Å². The Morgan fingerprint density at radius 1 is 1.50 bits per heavy atom. The van der Waals surface area contributed by atoms with Crippen molar-refractivity contribution in [1.29, 1.82) is 0 Å². The second-order valence-electron chi connectivity index (χ2n) is 4.32. The Balaban J connectivity index is 2.38. The molecule has 116 valence electrons. The third-order valence-corrected chi connectivity index (χ3v) is 2.90. The van der Waals surface area contributed by atoms with E-state index in [1.165, 1.54) is 17.9 Å². The van der Waals surface area contributed by atoms with Crippen LogP contribution in [0.3, 0.4) is 0 Å². The molecule has 0 saturated carbocycles. The average molecular weight is 307 g/mol. The minimum absolute atomic E-state index is 0.0786. The van der Waals surface area contributed by atoms with Crippen LogP contribution in [0.15, 0.2) is 12.4 Å². The zero-order valence-corrected chi connectivity index (χ0v) is 11.8. The molecule has 0 radical (unpaired) electrons. The van der Waals surface area contributed by atoms with Gasteiger partial charge in [-0.1, -0.05) is 0 Å². The lowest BCUT2D eigenvalue weighted by molar-refractivity contribution is -0.385. The van der Waals surface area contributed by atoms with Crippen molar-refractivity contribution in [2.45, 2.75) is 13.5 Å². The highest BCUT2D eigenvalue weighted by Crippen LogP contribution is 2.20. The highest BCUT2D eigenvalue weighted by molar-refractivity contribution is 6.08. The maximum absolute atomic E-state index is 12.2. The van der Waals surface area contributed by atoms with Crippen LogP contribution in [-0.2, 0) is 13.6 Å². The van der Waals surface area contributed by atoms with Crippen LogP contribution in [0.4, 0.5) is 11.4 Å². The molecular weight excluding hydrogens is 294 g/mol. The molecule has 2 amide bonds. The van der Waals surface area contributed by atoms with Gasteiger partial charge in [-0.2, -0.15) is 10.2 Å². The molecule has 0 aromatic carbocycles. The predicted octanol–water partition coefficient (Wildman–Crippen LogP) is -0.104. The Morgan fingerprint density at radius 3 is 2.73 bits per heavy atom. The third kappa shape index (κ3) is 2.63. The Bertz CT molecular complexity index is 761. The number of hydrogen-bond acceptors (Lipinski definition) is 6. The number of nitrogens with one attached hydrogen (secondary N) is 1. The number of rotatable bonds is 5. The van der Waals surface area contributed by atoms with Gasteiger partial charge < -0.3 is 11.1 Å². The zero-order valence-electron chi connectivity index (χ0n) is 11.8. The fourth-order valence-electron chi connectivity index (χ4n) is 1.86. The molecule has 0 bridgehead atoms. The zero-order chi connectivity index (χ0) is 16.4. The molecule has 2 aromatic rings. The maximum atomic E-state index is 12.2. The number of carbonyl (C=O) groups is 2. The third-order valence-electron chi connectivity index (χ3n) is 2.90. The molecule has 22 heavy (non-hydrogen) atoms. The summed E-state index contributed by atoms with van der Waals surface area (Å²) in [6, 6.07) is 0. The summed E-state index contributed by atoms with van der Waals surface area (Å²) in [5.41, 5.74) is 4.46. The molecule has 0 aliphatic rings. The van der Waals surface area contributed by atoms with Gasteiger partial charge in [0.25, 0.3) is 11.8 Å². The SMILES string of the molecule is CCn1cc(NC(=O)c2c([N+](=O)[O-])cnn2C)c(C(N)=O)n1. The van der Waals surface area contributed by atoms with Gasteiger partial charge in [0.05, 0.1) is 10.6 Å². The molecule has 3 N–H and O–H groups in total. The van der Waals surface area contributed by atoms with E-state index in [1.807, 2.05) is 0 Å². The highest BCUT2D eigenvalue weighted by Gasteiger charge is 2.27. The summed E-state index contributed by atoms with van der Waals surface area (Å²) in [5.74, 6) is -1.60. The lowest BCUT2D eigenvalue weighted by Gasteiger charge is -2.03. The van der Waals surface area contributed by atoms with Gasteiger partial charge in [0.1, 0.15) is 6.20 Å². The van der Waals surface area contributed by atoms with Crippen LogP contribution >= 0.6 is 0 Å². The van der Waals surface area contributed by atoms with E-state index in [4.69, 9.17) is 5.73 Å². The van der Waals surface area contributed by atoms with E-state index in [0.29, 0.717) is 6.54 Å². The van der Waals surface area contributed by atoms with E-state index >= 15 is 0 Å². The predicted molar refractivity (Wildman–Crippen MR) is 74.2 cm³/mol. The monoisotopic (exact) mass is 307 g/mol. The molecular formula is C11H13N7O4. The molecule has 2 rings (SSSR count). The number of nitro groups is 1. The van der Waals surface area contributed by atoms with Crippen molar-refractivity contribution in [1.82, 2.24) is 19.6 Å². The van der Waals surface area contributed by atoms with Crippen molar-refractivity contribution in [2.24, 2.45) is 12.8 Å². The van der Waals surface area contributed by atoms with Crippen molar-refractivity contribution in [3.05, 3.63) is 33.9 Å². The van der Waals surface area contributed by atoms with Crippen LogP contribution in [0.5, 0.6) is 0 Å². The van der Waals surface area contributed by atoms with Gasteiger partial charge in [-0.25, -0.2) is 0 Å². The topological polar surface area (TPSA) is 151 Å². The molecule has 11 nitrogen and oxygen atoms in total. The van der Waals surface area contributed by atoms with E-state index < -0.39 is 22.4 Å². The molecule has 0 aliphatic carbocycles. The van der Waals surface area contributed by atoms with Crippen molar-refractivity contribution in [3.63, 3.8) is 0 Å². The van der Waals surface area contributed by atoms with Crippen molar-refractivity contribution in [3.8, 4) is 0 Å². The van der Waals surface area contributed by atoms with Crippen LogP contribution in [0, 0.1) is 10.1 Å². The van der Waals surface area contributed by atoms with Gasteiger partial charge in [-0.05, 0) is 6.92 Å². The van der Waals surface area contributed by atoms with Crippen molar-refractivity contribution < 1.29 is 14.5 Å². The number of aromatic nitrogens is 4. The summed E-state index contributed by atoms with van der Waals surface area (Å²) in [4.78, 5) is 33.7. The fraction of sp³-hybridized carbons (Fsp3) is 0.273. The molecule has 0 atom stereocenters. The average Bonchev–Trinajstić information content (AvgIpc) is 3.02. The van der Waals surface area contributed by atoms with Crippen LogP contribution in [0.2, 0.25) is 0 Å². The van der Waals surface area contributed by atoms with E-state index in [-0.39, 0.29) is 17.1 Å². The Kier molecular flexibility index (Phi) is 3.88. The summed E-state index contributed by atoms with van der Waals surface area (Å²) in [6.07, 6.45) is 2.39. The van der Waals surface area contributed by atoms with E-state index in [2.05, 4.69) is 15.5 Å². The van der Waals surface area contributed by atoms with Crippen LogP contribution in [0.1, 0.15) is 27.9 Å². The Morgan fingerprint density at radius 2 is 2.18 bits per heavy atom. The number of amides is 2. The minimum Gasteiger partial charge on any atom is -0.364 e. The first-order valence-corrected chi connectivity index (χ1v) is 6.20. The number of nitrogens with zero attached hydrogens (tertiary/aromatic N) is 5. The summed E-state index contributed by atoms with van der Waals surface area (Å²) in [7, 11) is 1.40. The number of hydrogen-bond donors (Lipinski definition) is 2. The first kappa shape index (κ1) is 15.2. The smallest absolute Gasteiger partial charge is 0.320 e. The molecule has 0 spiro atoms. The Hall–Kier alpha value is -3.24. The molecule has 11 heteroatoms. The second kappa shape index (κ2) is 5.63. The fourth-order valence-corrected chi connectivity index (χ4v) is 1.86. The largest absolute Gasteiger partial charge is 0.364 e. The molecule has 0 aliphatic heterocycles. The normalized spacial score (nSPS) is 10.5. The van der Waals surface area contributed by atoms with E-state index in [0.717, 1.165) is 10.9 Å². The van der Waals surface area contributed by atoms with Crippen molar-refractivity contribution in [2.75, 3.05) is 5.32 Å². The second-order valence-corrected chi connectivity index (χ2v) is 4.32. The first-order chi connectivity index (χ1) is 10.3. The van der Waals surface area contributed by atoms with Gasteiger partial charge in [0.15, 0.2) is 5.69 Å². The minimum atomic E-state index is -0.818. The molecule has 2 heterocycles. The maximum Gasteiger partial charge on any atom is 0.320 e. The quantitative estimate of drug-likeness (QED) is 0.581. The Labute approximate surface area is 123 Å². The van der Waals surface area contributed by atoms with Crippen LogP contribution < -0.4 is 11.1 Å². The van der Waals surface area contributed by atoms with E-state index in [1.54, 1.807) is 6.92 Å². The standard InChI is InChI=1S/C11H13N7O4/c1-3-17-5-6(8(15-17)10(12)19)14-11(20)9-7(18(21)22)4-13-16(9)2/h4-5H,3H2,1-2H3,(H2,12,19)(H,14,20). The number of primary amides is 1. The number of aryl methyl sites for hydroxylation is 2. The van der Waals surface area contributed by atoms with Gasteiger partial charge >= 0.3 is 5.69 Å². The summed E-state index contributed by atoms with van der Waals surface area (Å²) in [6.45, 7) is 2.25. The van der Waals surface area contributed by atoms with Crippen LogP contribution in [-0.4, -0.2) is 36.3 Å².